The predicted molar refractivity (Wildman–Crippen MR) is 109 cm³/mol. The molecular weight excluding hydrogens is 364 g/mol. The minimum atomic E-state index is 0.133. The van der Waals surface area contributed by atoms with Gasteiger partial charge in [-0.2, -0.15) is 0 Å². The molecule has 0 bridgehead atoms. The van der Waals surface area contributed by atoms with E-state index in [0.29, 0.717) is 5.91 Å². The fourth-order valence-electron chi connectivity index (χ4n) is 4.22. The average Bonchev–Trinajstić information content (AvgIpc) is 3.24. The molecule has 2 aromatic rings. The number of hydrogen-bond acceptors (Lipinski definition) is 3. The lowest BCUT2D eigenvalue weighted by atomic mass is 10.0. The van der Waals surface area contributed by atoms with Crippen molar-refractivity contribution < 1.29 is 4.79 Å². The Morgan fingerprint density at radius 2 is 1.88 bits per heavy atom. The normalized spacial score (nSPS) is 24.4. The van der Waals surface area contributed by atoms with Crippen LogP contribution >= 0.6 is 22.9 Å². The zero-order valence-corrected chi connectivity index (χ0v) is 16.7. The molecule has 26 heavy (non-hydrogen) atoms. The van der Waals surface area contributed by atoms with Crippen molar-refractivity contribution in [3.63, 3.8) is 0 Å². The van der Waals surface area contributed by atoms with Gasteiger partial charge in [-0.15, -0.1) is 11.3 Å². The number of carbonyl (C=O) groups excluding carboxylic acids is 1. The number of nitrogens with zero attached hydrogens (tertiary/aromatic N) is 2. The number of halogens is 1. The van der Waals surface area contributed by atoms with Crippen LogP contribution in [0.15, 0.2) is 36.4 Å². The molecule has 3 heterocycles. The Bertz CT molecular complexity index is 784. The zero-order valence-electron chi connectivity index (χ0n) is 15.2. The third kappa shape index (κ3) is 3.55. The molecule has 0 N–H and O–H groups in total. The van der Waals surface area contributed by atoms with Crippen molar-refractivity contribution in [1.82, 2.24) is 9.80 Å². The summed E-state index contributed by atoms with van der Waals surface area (Å²) in [6, 6.07) is 12.4. The molecule has 4 rings (SSSR count). The van der Waals surface area contributed by atoms with Crippen LogP contribution in [-0.2, 0) is 4.79 Å². The lowest BCUT2D eigenvalue weighted by molar-refractivity contribution is -0.131. The van der Waals surface area contributed by atoms with Gasteiger partial charge >= 0.3 is 0 Å². The van der Waals surface area contributed by atoms with Gasteiger partial charge < -0.3 is 9.80 Å². The minimum absolute atomic E-state index is 0.133. The van der Waals surface area contributed by atoms with Crippen molar-refractivity contribution in [1.29, 1.82) is 0 Å². The summed E-state index contributed by atoms with van der Waals surface area (Å²) in [6.45, 7) is 3.21. The van der Waals surface area contributed by atoms with Crippen LogP contribution in [0.5, 0.6) is 0 Å². The van der Waals surface area contributed by atoms with Gasteiger partial charge in [0.15, 0.2) is 0 Å². The van der Waals surface area contributed by atoms with Gasteiger partial charge in [-0.05, 0) is 50.6 Å². The third-order valence-electron chi connectivity index (χ3n) is 5.69. The van der Waals surface area contributed by atoms with E-state index >= 15 is 0 Å². The van der Waals surface area contributed by atoms with Gasteiger partial charge in [-0.1, -0.05) is 36.2 Å². The summed E-state index contributed by atoms with van der Waals surface area (Å²) in [5.41, 5.74) is 1.07. The second kappa shape index (κ2) is 7.71. The van der Waals surface area contributed by atoms with Crippen LogP contribution in [-0.4, -0.2) is 42.4 Å². The Morgan fingerprint density at radius 1 is 1.12 bits per heavy atom. The van der Waals surface area contributed by atoms with Gasteiger partial charge in [0.05, 0.1) is 12.0 Å². The van der Waals surface area contributed by atoms with Crippen LogP contribution in [0.4, 0.5) is 0 Å². The maximum absolute atomic E-state index is 12.8. The highest BCUT2D eigenvalue weighted by molar-refractivity contribution is 7.15. The van der Waals surface area contributed by atoms with Crippen LogP contribution in [0, 0.1) is 5.92 Å². The molecule has 0 spiro atoms. The summed E-state index contributed by atoms with van der Waals surface area (Å²) in [7, 11) is 1.96. The van der Waals surface area contributed by atoms with E-state index in [1.807, 2.05) is 30.1 Å². The molecule has 2 atom stereocenters. The highest BCUT2D eigenvalue weighted by Gasteiger charge is 2.39. The van der Waals surface area contributed by atoms with Crippen LogP contribution in [0.3, 0.4) is 0 Å². The second-order valence-corrected chi connectivity index (χ2v) is 8.96. The first kappa shape index (κ1) is 18.0. The van der Waals surface area contributed by atoms with Crippen LogP contribution in [0.1, 0.15) is 36.6 Å². The molecule has 1 amide bonds. The van der Waals surface area contributed by atoms with Crippen LogP contribution in [0.2, 0.25) is 5.02 Å². The Morgan fingerprint density at radius 3 is 2.65 bits per heavy atom. The van der Waals surface area contributed by atoms with Gasteiger partial charge in [0.25, 0.3) is 0 Å². The number of hydrogen-bond donors (Lipinski definition) is 0. The van der Waals surface area contributed by atoms with E-state index in [1.165, 1.54) is 29.0 Å². The number of carbonyl (C=O) groups is 1. The van der Waals surface area contributed by atoms with E-state index in [-0.39, 0.29) is 12.0 Å². The molecule has 0 aliphatic carbocycles. The van der Waals surface area contributed by atoms with E-state index in [1.54, 1.807) is 11.3 Å². The Kier molecular flexibility index (Phi) is 5.35. The molecule has 2 fully saturated rings. The standard InChI is InChI=1S/C21H25ClN2OS/c1-23-18(13-15(21(23)25)14-24-11-5-2-6-12-24)20-10-9-19(26-20)16-7-3-4-8-17(16)22/h3-4,7-10,15,18H,2,5-6,11-14H2,1H3/t15-,18+/m0/s1. The summed E-state index contributed by atoms with van der Waals surface area (Å²) >= 11 is 8.11. The average molecular weight is 389 g/mol. The van der Waals surface area contributed by atoms with Crippen molar-refractivity contribution in [2.75, 3.05) is 26.7 Å². The molecule has 0 radical (unpaired) electrons. The molecule has 2 saturated heterocycles. The molecule has 5 heteroatoms. The molecule has 2 aliphatic rings. The third-order valence-corrected chi connectivity index (χ3v) is 7.24. The Hall–Kier alpha value is -1.36. The Balaban J connectivity index is 1.49. The summed E-state index contributed by atoms with van der Waals surface area (Å²) in [6.07, 6.45) is 4.80. The molecular formula is C21H25ClN2OS. The van der Waals surface area contributed by atoms with Gasteiger partial charge in [-0.25, -0.2) is 0 Å². The molecule has 138 valence electrons. The fourth-order valence-corrected chi connectivity index (χ4v) is 5.72. The first-order valence-electron chi connectivity index (χ1n) is 9.47. The van der Waals surface area contributed by atoms with E-state index < -0.39 is 0 Å². The number of amides is 1. The summed E-state index contributed by atoms with van der Waals surface area (Å²) in [5, 5.41) is 0.778. The van der Waals surface area contributed by atoms with Crippen molar-refractivity contribution in [3.05, 3.63) is 46.3 Å². The van der Waals surface area contributed by atoms with Gasteiger partial charge in [0, 0.05) is 33.9 Å². The van der Waals surface area contributed by atoms with E-state index in [4.69, 9.17) is 11.6 Å². The van der Waals surface area contributed by atoms with Crippen molar-refractivity contribution in [3.8, 4) is 10.4 Å². The van der Waals surface area contributed by atoms with Crippen molar-refractivity contribution in [2.24, 2.45) is 5.92 Å². The van der Waals surface area contributed by atoms with Crippen molar-refractivity contribution in [2.45, 2.75) is 31.7 Å². The Labute approximate surface area is 164 Å². The molecule has 2 aliphatic heterocycles. The van der Waals surface area contributed by atoms with Crippen molar-refractivity contribution >= 4 is 28.8 Å². The minimum Gasteiger partial charge on any atom is -0.338 e. The number of likely N-dealkylation sites (tertiary alicyclic amines) is 2. The topological polar surface area (TPSA) is 23.6 Å². The number of benzene rings is 1. The quantitative estimate of drug-likeness (QED) is 0.729. The lowest BCUT2D eigenvalue weighted by Gasteiger charge is -2.28. The highest BCUT2D eigenvalue weighted by Crippen LogP contribution is 2.42. The zero-order chi connectivity index (χ0) is 18.1. The molecule has 0 saturated carbocycles. The highest BCUT2D eigenvalue weighted by atomic mass is 35.5. The molecule has 1 aromatic heterocycles. The smallest absolute Gasteiger partial charge is 0.227 e. The van der Waals surface area contributed by atoms with E-state index in [0.717, 1.165) is 36.6 Å². The first-order valence-corrected chi connectivity index (χ1v) is 10.7. The summed E-state index contributed by atoms with van der Waals surface area (Å²) in [5.74, 6) is 0.433. The maximum Gasteiger partial charge on any atom is 0.227 e. The van der Waals surface area contributed by atoms with Crippen LogP contribution in [0.25, 0.3) is 10.4 Å². The summed E-state index contributed by atoms with van der Waals surface area (Å²) in [4.78, 5) is 19.6. The van der Waals surface area contributed by atoms with Crippen LogP contribution < -0.4 is 0 Å². The number of thiophene rings is 1. The summed E-state index contributed by atoms with van der Waals surface area (Å²) < 4.78 is 0. The van der Waals surface area contributed by atoms with Gasteiger partial charge in [-0.3, -0.25) is 4.79 Å². The van der Waals surface area contributed by atoms with Gasteiger partial charge in [0.1, 0.15) is 0 Å². The SMILES string of the molecule is CN1C(=O)[C@H](CN2CCCCC2)C[C@@H]1c1ccc(-c2ccccc2Cl)s1. The number of rotatable bonds is 4. The molecule has 1 aromatic carbocycles. The number of piperidine rings is 1. The second-order valence-electron chi connectivity index (χ2n) is 7.44. The monoisotopic (exact) mass is 388 g/mol. The predicted octanol–water partition coefficient (Wildman–Crippen LogP) is 5.07. The molecule has 0 unspecified atom stereocenters. The molecule has 3 nitrogen and oxygen atoms in total. The van der Waals surface area contributed by atoms with E-state index in [9.17, 15) is 4.79 Å². The van der Waals surface area contributed by atoms with E-state index in [2.05, 4.69) is 23.1 Å². The van der Waals surface area contributed by atoms with Gasteiger partial charge in [0.2, 0.25) is 5.91 Å². The first-order chi connectivity index (χ1) is 12.6. The fraction of sp³-hybridized carbons (Fsp3) is 0.476. The maximum atomic E-state index is 12.8. The largest absolute Gasteiger partial charge is 0.338 e. The lowest BCUT2D eigenvalue weighted by Crippen LogP contribution is -2.36.